The predicted octanol–water partition coefficient (Wildman–Crippen LogP) is 2.93. The van der Waals surface area contributed by atoms with E-state index in [-0.39, 0.29) is 24.4 Å². The fraction of sp³-hybridized carbons (Fsp3) is 0.312. The Morgan fingerprint density at radius 1 is 1.35 bits per heavy atom. The third-order valence-electron chi connectivity index (χ3n) is 3.66. The molecule has 1 N–H and O–H groups in total. The van der Waals surface area contributed by atoms with Crippen LogP contribution in [0.3, 0.4) is 0 Å². The number of thiophene rings is 2. The Labute approximate surface area is 142 Å². The van der Waals surface area contributed by atoms with Crippen molar-refractivity contribution in [1.29, 1.82) is 0 Å². The first-order valence-corrected chi connectivity index (χ1v) is 9.04. The molecule has 2 amide bonds. The molecule has 0 saturated carbocycles. The van der Waals surface area contributed by atoms with E-state index in [1.54, 1.807) is 22.7 Å². The number of aryl methyl sites for hydroxylation is 1. The molecule has 0 aliphatic carbocycles. The van der Waals surface area contributed by atoms with Crippen molar-refractivity contribution >= 4 is 40.2 Å². The first kappa shape index (κ1) is 15.9. The fourth-order valence-corrected chi connectivity index (χ4v) is 4.28. The Hall–Kier alpha value is -1.99. The minimum absolute atomic E-state index is 0.0303. The summed E-state index contributed by atoms with van der Waals surface area (Å²) in [6.45, 7) is 3.42. The van der Waals surface area contributed by atoms with Crippen LogP contribution in [0.5, 0.6) is 0 Å². The zero-order valence-corrected chi connectivity index (χ0v) is 14.5. The van der Waals surface area contributed by atoms with Crippen LogP contribution in [0.4, 0.5) is 0 Å². The van der Waals surface area contributed by atoms with E-state index in [1.807, 2.05) is 29.8 Å². The highest BCUT2D eigenvalue weighted by atomic mass is 32.1. The fourth-order valence-electron chi connectivity index (χ4n) is 2.54. The van der Waals surface area contributed by atoms with Crippen molar-refractivity contribution in [2.45, 2.75) is 26.3 Å². The topological polar surface area (TPSA) is 61.8 Å². The smallest absolute Gasteiger partial charge is 0.262 e. The Morgan fingerprint density at radius 2 is 2.17 bits per heavy atom. The lowest BCUT2D eigenvalue weighted by atomic mass is 10.1. The Bertz CT molecular complexity index is 749. The second-order valence-electron chi connectivity index (χ2n) is 5.36. The van der Waals surface area contributed by atoms with E-state index in [9.17, 15) is 9.59 Å². The number of nitrogens with one attached hydrogen (secondary N) is 1. The summed E-state index contributed by atoms with van der Waals surface area (Å²) in [6, 6.07) is 5.97. The van der Waals surface area contributed by atoms with Gasteiger partial charge in [-0.2, -0.15) is 5.10 Å². The van der Waals surface area contributed by atoms with Gasteiger partial charge < -0.3 is 5.32 Å². The van der Waals surface area contributed by atoms with Crippen molar-refractivity contribution in [2.75, 3.05) is 6.54 Å². The normalized spacial score (nSPS) is 17.2. The molecule has 5 nitrogen and oxygen atoms in total. The van der Waals surface area contributed by atoms with E-state index < -0.39 is 0 Å². The van der Waals surface area contributed by atoms with Gasteiger partial charge in [0, 0.05) is 18.2 Å². The molecule has 0 bridgehead atoms. The molecular formula is C16H17N3O2S2. The summed E-state index contributed by atoms with van der Waals surface area (Å²) >= 11 is 3.26. The van der Waals surface area contributed by atoms with Crippen LogP contribution in [0, 0.1) is 6.92 Å². The minimum atomic E-state index is -0.219. The summed E-state index contributed by atoms with van der Waals surface area (Å²) in [5.74, 6) is -0.409. The molecule has 23 heavy (non-hydrogen) atoms. The van der Waals surface area contributed by atoms with Crippen LogP contribution in [0.15, 0.2) is 34.1 Å². The largest absolute Gasteiger partial charge is 0.347 e. The molecule has 2 aromatic heterocycles. The standard InChI is InChI=1S/C16H17N3O2S2/c1-10-5-7-23-16(10)13-8-12(14-4-3-6-22-14)18-19(13)15(21)9-17-11(2)20/h3-7,13H,8-9H2,1-2H3,(H,17,20)/t13-/m1/s1. The van der Waals surface area contributed by atoms with Gasteiger partial charge in [0.2, 0.25) is 5.91 Å². The van der Waals surface area contributed by atoms with Gasteiger partial charge >= 0.3 is 0 Å². The van der Waals surface area contributed by atoms with Gasteiger partial charge in [-0.1, -0.05) is 6.07 Å². The van der Waals surface area contributed by atoms with Gasteiger partial charge in [-0.25, -0.2) is 5.01 Å². The zero-order chi connectivity index (χ0) is 16.4. The summed E-state index contributed by atoms with van der Waals surface area (Å²) in [5.41, 5.74) is 2.09. The maximum atomic E-state index is 12.5. The number of rotatable bonds is 4. The molecule has 7 heteroatoms. The van der Waals surface area contributed by atoms with Gasteiger partial charge in [-0.15, -0.1) is 22.7 Å². The van der Waals surface area contributed by atoms with Crippen LogP contribution in [0.25, 0.3) is 0 Å². The maximum Gasteiger partial charge on any atom is 0.262 e. The molecule has 0 unspecified atom stereocenters. The SMILES string of the molecule is CC(=O)NCC(=O)N1N=C(c2cccs2)C[C@@H]1c1sccc1C. The number of carbonyl (C=O) groups excluding carboxylic acids is 2. The Balaban J connectivity index is 1.88. The van der Waals surface area contributed by atoms with Crippen molar-refractivity contribution < 1.29 is 9.59 Å². The highest BCUT2D eigenvalue weighted by molar-refractivity contribution is 7.12. The monoisotopic (exact) mass is 347 g/mol. The third kappa shape index (κ3) is 3.35. The molecule has 3 heterocycles. The number of hydrogen-bond acceptors (Lipinski definition) is 5. The van der Waals surface area contributed by atoms with Gasteiger partial charge in [0.05, 0.1) is 23.2 Å². The van der Waals surface area contributed by atoms with Gasteiger partial charge in [0.1, 0.15) is 0 Å². The zero-order valence-electron chi connectivity index (χ0n) is 12.9. The Morgan fingerprint density at radius 3 is 2.78 bits per heavy atom. The summed E-state index contributed by atoms with van der Waals surface area (Å²) in [6.07, 6.45) is 0.702. The van der Waals surface area contributed by atoms with E-state index in [0.717, 1.165) is 15.5 Å². The van der Waals surface area contributed by atoms with Crippen LogP contribution >= 0.6 is 22.7 Å². The molecule has 1 aliphatic heterocycles. The van der Waals surface area contributed by atoms with Crippen molar-refractivity contribution in [2.24, 2.45) is 5.10 Å². The van der Waals surface area contributed by atoms with Crippen molar-refractivity contribution in [3.05, 3.63) is 44.3 Å². The quantitative estimate of drug-likeness (QED) is 0.924. The lowest BCUT2D eigenvalue weighted by Crippen LogP contribution is -2.37. The van der Waals surface area contributed by atoms with Crippen molar-refractivity contribution in [1.82, 2.24) is 10.3 Å². The number of carbonyl (C=O) groups is 2. The second kappa shape index (κ2) is 6.64. The minimum Gasteiger partial charge on any atom is -0.347 e. The van der Waals surface area contributed by atoms with Crippen LogP contribution in [0.1, 0.15) is 34.7 Å². The van der Waals surface area contributed by atoms with Gasteiger partial charge in [-0.3, -0.25) is 9.59 Å². The molecule has 0 saturated heterocycles. The predicted molar refractivity (Wildman–Crippen MR) is 92.8 cm³/mol. The summed E-state index contributed by atoms with van der Waals surface area (Å²) in [4.78, 5) is 25.8. The molecular weight excluding hydrogens is 330 g/mol. The Kier molecular flexibility index (Phi) is 4.58. The number of nitrogens with zero attached hydrogens (tertiary/aromatic N) is 2. The van der Waals surface area contributed by atoms with Crippen LogP contribution < -0.4 is 5.32 Å². The van der Waals surface area contributed by atoms with E-state index in [4.69, 9.17) is 0 Å². The average molecular weight is 347 g/mol. The second-order valence-corrected chi connectivity index (χ2v) is 7.26. The number of hydrogen-bond donors (Lipinski definition) is 1. The van der Waals surface area contributed by atoms with E-state index in [2.05, 4.69) is 16.5 Å². The molecule has 1 atom stereocenters. The number of amides is 2. The van der Waals surface area contributed by atoms with Gasteiger partial charge in [-0.05, 0) is 35.4 Å². The van der Waals surface area contributed by atoms with E-state index in [1.165, 1.54) is 17.5 Å². The highest BCUT2D eigenvalue weighted by Crippen LogP contribution is 2.37. The highest BCUT2D eigenvalue weighted by Gasteiger charge is 2.34. The molecule has 1 aliphatic rings. The van der Waals surface area contributed by atoms with Crippen LogP contribution in [-0.2, 0) is 9.59 Å². The first-order valence-electron chi connectivity index (χ1n) is 7.28. The maximum absolute atomic E-state index is 12.5. The lowest BCUT2D eigenvalue weighted by molar-refractivity contribution is -0.134. The van der Waals surface area contributed by atoms with Gasteiger partial charge in [0.15, 0.2) is 0 Å². The molecule has 0 fully saturated rings. The van der Waals surface area contributed by atoms with Crippen LogP contribution in [0.2, 0.25) is 0 Å². The molecule has 3 rings (SSSR count). The molecule has 2 aromatic rings. The van der Waals surface area contributed by atoms with E-state index >= 15 is 0 Å². The molecule has 0 radical (unpaired) electrons. The lowest BCUT2D eigenvalue weighted by Gasteiger charge is -2.21. The number of hydrazone groups is 1. The third-order valence-corrected chi connectivity index (χ3v) is 5.70. The van der Waals surface area contributed by atoms with Gasteiger partial charge in [0.25, 0.3) is 5.91 Å². The summed E-state index contributed by atoms with van der Waals surface area (Å²) in [5, 5.41) is 12.7. The van der Waals surface area contributed by atoms with Crippen LogP contribution in [-0.4, -0.2) is 29.1 Å². The average Bonchev–Trinajstić information content (AvgIpc) is 3.23. The molecule has 0 aromatic carbocycles. The van der Waals surface area contributed by atoms with Crippen molar-refractivity contribution in [3.63, 3.8) is 0 Å². The molecule has 0 spiro atoms. The summed E-state index contributed by atoms with van der Waals surface area (Å²) in [7, 11) is 0. The molecule has 120 valence electrons. The summed E-state index contributed by atoms with van der Waals surface area (Å²) < 4.78 is 0. The first-order chi connectivity index (χ1) is 11.1. The van der Waals surface area contributed by atoms with Crippen molar-refractivity contribution in [3.8, 4) is 0 Å². The van der Waals surface area contributed by atoms with E-state index in [0.29, 0.717) is 6.42 Å².